The van der Waals surface area contributed by atoms with E-state index in [1.54, 1.807) is 25.3 Å². The molecular formula is C25H32N8O2S. The van der Waals surface area contributed by atoms with Crippen LogP contribution in [0.1, 0.15) is 28.0 Å². The molecule has 3 aromatic rings. The van der Waals surface area contributed by atoms with Crippen molar-refractivity contribution in [1.82, 2.24) is 19.9 Å². The number of nitrogens with one attached hydrogen (secondary N) is 1. The molecule has 1 amide bonds. The zero-order chi connectivity index (χ0) is 25.6. The predicted molar refractivity (Wildman–Crippen MR) is 145 cm³/mol. The number of likely N-dealkylation sites (N-methyl/N-ethyl adjacent to an activating group) is 1. The molecule has 0 aliphatic carbocycles. The maximum atomic E-state index is 13.1. The fraction of sp³-hybridized carbons (Fsp3) is 0.440. The Balaban J connectivity index is 1.50. The first kappa shape index (κ1) is 24.3. The number of aromatic nitrogens is 3. The maximum Gasteiger partial charge on any atom is 0.279 e. The van der Waals surface area contributed by atoms with Crippen molar-refractivity contribution < 1.29 is 9.53 Å². The molecule has 190 valence electrons. The number of carbonyl (C=O) groups is 1. The third-order valence-corrected chi connectivity index (χ3v) is 7.75. The fourth-order valence-electron chi connectivity index (χ4n) is 4.71. The zero-order valence-corrected chi connectivity index (χ0v) is 22.4. The summed E-state index contributed by atoms with van der Waals surface area (Å²) in [5, 5.41) is 5.01. The first-order valence-electron chi connectivity index (χ1n) is 12.1. The van der Waals surface area contributed by atoms with Crippen molar-refractivity contribution in [1.29, 1.82) is 0 Å². The van der Waals surface area contributed by atoms with Crippen LogP contribution in [0.5, 0.6) is 5.75 Å². The average Bonchev–Trinajstić information content (AvgIpc) is 3.22. The number of hydrogen-bond donors (Lipinski definition) is 1. The van der Waals surface area contributed by atoms with Crippen LogP contribution in [0, 0.1) is 13.8 Å². The van der Waals surface area contributed by atoms with Crippen LogP contribution in [0.2, 0.25) is 0 Å². The lowest BCUT2D eigenvalue weighted by molar-refractivity contribution is 0.0990. The highest BCUT2D eigenvalue weighted by molar-refractivity contribution is 7.16. The SMILES string of the molecule is CCN1c2nc(Nc3cc(C)c(N4CCN(C)CC4)cc3OC)ncc2N(C)C(=O)c2nc(C)sc21. The minimum Gasteiger partial charge on any atom is -0.494 e. The summed E-state index contributed by atoms with van der Waals surface area (Å²) in [6, 6.07) is 4.17. The topological polar surface area (TPSA) is 90.0 Å². The second kappa shape index (κ2) is 9.55. The number of thiazole rings is 1. The minimum atomic E-state index is -0.160. The van der Waals surface area contributed by atoms with Crippen molar-refractivity contribution in [2.24, 2.45) is 0 Å². The molecule has 0 unspecified atom stereocenters. The van der Waals surface area contributed by atoms with Crippen molar-refractivity contribution >= 4 is 51.1 Å². The Bertz CT molecular complexity index is 1300. The largest absolute Gasteiger partial charge is 0.494 e. The molecule has 1 saturated heterocycles. The molecule has 0 spiro atoms. The zero-order valence-electron chi connectivity index (χ0n) is 21.6. The van der Waals surface area contributed by atoms with E-state index in [1.165, 1.54) is 17.0 Å². The van der Waals surface area contributed by atoms with Gasteiger partial charge in [-0.25, -0.2) is 9.97 Å². The Morgan fingerprint density at radius 2 is 1.83 bits per heavy atom. The summed E-state index contributed by atoms with van der Waals surface area (Å²) < 4.78 is 5.76. The van der Waals surface area contributed by atoms with E-state index < -0.39 is 0 Å². The highest BCUT2D eigenvalue weighted by Crippen LogP contribution is 2.42. The number of ether oxygens (including phenoxy) is 1. The molecule has 2 aliphatic rings. The quantitative estimate of drug-likeness (QED) is 0.553. The number of fused-ring (bicyclic) bond motifs is 2. The smallest absolute Gasteiger partial charge is 0.279 e. The third-order valence-electron chi connectivity index (χ3n) is 6.76. The van der Waals surface area contributed by atoms with Gasteiger partial charge in [0.05, 0.1) is 24.0 Å². The number of piperazine rings is 1. The summed E-state index contributed by atoms with van der Waals surface area (Å²) in [7, 11) is 5.57. The second-order valence-electron chi connectivity index (χ2n) is 9.15. The van der Waals surface area contributed by atoms with Crippen molar-refractivity contribution in [3.05, 3.63) is 34.6 Å². The van der Waals surface area contributed by atoms with E-state index in [1.807, 2.05) is 18.7 Å². The van der Waals surface area contributed by atoms with E-state index in [-0.39, 0.29) is 5.91 Å². The van der Waals surface area contributed by atoms with E-state index in [0.29, 0.717) is 29.7 Å². The molecule has 1 aromatic carbocycles. The van der Waals surface area contributed by atoms with Crippen molar-refractivity contribution in [2.45, 2.75) is 20.8 Å². The summed E-state index contributed by atoms with van der Waals surface area (Å²) in [5.74, 6) is 1.67. The second-order valence-corrected chi connectivity index (χ2v) is 10.3. The number of amides is 1. The highest BCUT2D eigenvalue weighted by Gasteiger charge is 2.33. The van der Waals surface area contributed by atoms with Crippen LogP contribution in [0.15, 0.2) is 18.3 Å². The van der Waals surface area contributed by atoms with Crippen molar-refractivity contribution in [2.75, 3.05) is 73.9 Å². The molecule has 36 heavy (non-hydrogen) atoms. The van der Waals surface area contributed by atoms with Crippen LogP contribution < -0.4 is 24.8 Å². The van der Waals surface area contributed by atoms with Gasteiger partial charge < -0.3 is 29.7 Å². The van der Waals surface area contributed by atoms with Crippen LogP contribution in [-0.4, -0.2) is 79.7 Å². The van der Waals surface area contributed by atoms with Gasteiger partial charge in [-0.2, -0.15) is 4.98 Å². The van der Waals surface area contributed by atoms with Crippen LogP contribution >= 0.6 is 11.3 Å². The number of hydrogen-bond acceptors (Lipinski definition) is 10. The standard InChI is InChI=1S/C25H32N8O2S/c1-7-33-22-19(31(5)23(34)21-24(33)36-16(3)27-21)14-26-25(29-22)28-17-12-15(2)18(13-20(17)35-6)32-10-8-30(4)9-11-32/h12-14H,7-11H2,1-6H3,(H,26,28,29). The Morgan fingerprint density at radius 3 is 2.53 bits per heavy atom. The van der Waals surface area contributed by atoms with Crippen LogP contribution in [0.25, 0.3) is 0 Å². The highest BCUT2D eigenvalue weighted by atomic mass is 32.1. The predicted octanol–water partition coefficient (Wildman–Crippen LogP) is 3.80. The van der Waals surface area contributed by atoms with Crippen LogP contribution in [-0.2, 0) is 0 Å². The molecule has 11 heteroatoms. The Labute approximate surface area is 215 Å². The van der Waals surface area contributed by atoms with Gasteiger partial charge in [0.1, 0.15) is 16.4 Å². The van der Waals surface area contributed by atoms with E-state index in [9.17, 15) is 4.79 Å². The van der Waals surface area contributed by atoms with Crippen molar-refractivity contribution in [3.8, 4) is 5.75 Å². The average molecular weight is 509 g/mol. The summed E-state index contributed by atoms with van der Waals surface area (Å²) in [6.45, 7) is 10.8. The number of nitrogens with zero attached hydrogens (tertiary/aromatic N) is 7. The van der Waals surface area contributed by atoms with Gasteiger partial charge in [-0.05, 0) is 39.4 Å². The number of rotatable bonds is 5. The monoisotopic (exact) mass is 508 g/mol. The molecule has 0 saturated carbocycles. The molecule has 1 N–H and O–H groups in total. The first-order valence-corrected chi connectivity index (χ1v) is 12.9. The minimum absolute atomic E-state index is 0.160. The molecule has 0 radical (unpaired) electrons. The van der Waals surface area contributed by atoms with Crippen LogP contribution in [0.4, 0.5) is 33.8 Å². The van der Waals surface area contributed by atoms with Gasteiger partial charge in [-0.15, -0.1) is 11.3 Å². The summed E-state index contributed by atoms with van der Waals surface area (Å²) in [6.07, 6.45) is 1.69. The Morgan fingerprint density at radius 1 is 1.08 bits per heavy atom. The third kappa shape index (κ3) is 4.22. The van der Waals surface area contributed by atoms with Crippen molar-refractivity contribution in [3.63, 3.8) is 0 Å². The molecule has 5 rings (SSSR count). The lowest BCUT2D eigenvalue weighted by Gasteiger charge is -2.35. The van der Waals surface area contributed by atoms with Gasteiger partial charge in [0.25, 0.3) is 5.91 Å². The van der Waals surface area contributed by atoms with Crippen LogP contribution in [0.3, 0.4) is 0 Å². The van der Waals surface area contributed by atoms with Gasteiger partial charge in [0.15, 0.2) is 11.5 Å². The maximum absolute atomic E-state index is 13.1. The lowest BCUT2D eigenvalue weighted by Crippen LogP contribution is -2.44. The van der Waals surface area contributed by atoms with Gasteiger partial charge >= 0.3 is 0 Å². The van der Waals surface area contributed by atoms with E-state index in [0.717, 1.165) is 53.2 Å². The molecule has 2 aliphatic heterocycles. The molecule has 1 fully saturated rings. The van der Waals surface area contributed by atoms with Gasteiger partial charge in [-0.3, -0.25) is 4.79 Å². The Kier molecular flexibility index (Phi) is 6.44. The number of carbonyl (C=O) groups excluding carboxylic acids is 1. The molecule has 10 nitrogen and oxygen atoms in total. The normalized spacial score (nSPS) is 16.1. The number of anilines is 6. The van der Waals surface area contributed by atoms with Gasteiger partial charge in [0.2, 0.25) is 5.95 Å². The van der Waals surface area contributed by atoms with Gasteiger partial charge in [0, 0.05) is 51.5 Å². The van der Waals surface area contributed by atoms with E-state index >= 15 is 0 Å². The molecule has 4 heterocycles. The summed E-state index contributed by atoms with van der Waals surface area (Å²) in [4.78, 5) is 35.3. The molecule has 0 atom stereocenters. The molecule has 0 bridgehead atoms. The van der Waals surface area contributed by atoms with Gasteiger partial charge in [-0.1, -0.05) is 0 Å². The van der Waals surface area contributed by atoms with E-state index in [2.05, 4.69) is 51.2 Å². The molecule has 2 aromatic heterocycles. The number of methoxy groups -OCH3 is 1. The van der Waals surface area contributed by atoms with E-state index in [4.69, 9.17) is 9.72 Å². The first-order chi connectivity index (χ1) is 17.3. The summed E-state index contributed by atoms with van der Waals surface area (Å²) >= 11 is 1.50. The lowest BCUT2D eigenvalue weighted by atomic mass is 10.1. The molecular weight excluding hydrogens is 476 g/mol. The number of benzene rings is 1. The number of aryl methyl sites for hydroxylation is 2. The Hall–Kier alpha value is -3.44. The fourth-order valence-corrected chi connectivity index (χ4v) is 5.68. The summed E-state index contributed by atoms with van der Waals surface area (Å²) in [5.41, 5.74) is 4.22.